The first-order valence-electron chi connectivity index (χ1n) is 8.09. The molecule has 0 radical (unpaired) electrons. The van der Waals surface area contributed by atoms with Crippen molar-refractivity contribution in [3.63, 3.8) is 0 Å². The van der Waals surface area contributed by atoms with Crippen LogP contribution in [0.15, 0.2) is 35.9 Å². The van der Waals surface area contributed by atoms with Gasteiger partial charge in [0.1, 0.15) is 12.4 Å². The third-order valence-electron chi connectivity index (χ3n) is 3.97. The lowest BCUT2D eigenvalue weighted by atomic mass is 9.83. The van der Waals surface area contributed by atoms with Gasteiger partial charge in [0, 0.05) is 0 Å². The van der Waals surface area contributed by atoms with E-state index in [-0.39, 0.29) is 17.7 Å². The van der Waals surface area contributed by atoms with E-state index in [4.69, 9.17) is 4.74 Å². The Morgan fingerprint density at radius 1 is 1.17 bits per heavy atom. The Hall–Kier alpha value is -2.10. The molecule has 0 bridgehead atoms. The second-order valence-corrected chi connectivity index (χ2v) is 6.73. The summed E-state index contributed by atoms with van der Waals surface area (Å²) >= 11 is 0. The number of hydrogen-bond donors (Lipinski definition) is 1. The van der Waals surface area contributed by atoms with Crippen LogP contribution in [-0.4, -0.2) is 18.4 Å². The van der Waals surface area contributed by atoms with Gasteiger partial charge in [0.05, 0.1) is 11.8 Å². The minimum atomic E-state index is -0.392. The zero-order chi connectivity index (χ0) is 17.0. The molecule has 124 valence electrons. The summed E-state index contributed by atoms with van der Waals surface area (Å²) in [4.78, 5) is 24.2. The van der Waals surface area contributed by atoms with Gasteiger partial charge < -0.3 is 4.74 Å². The lowest BCUT2D eigenvalue weighted by molar-refractivity contribution is -0.126. The molecule has 4 heteroatoms. The van der Waals surface area contributed by atoms with E-state index in [9.17, 15) is 9.59 Å². The number of benzene rings is 1. The summed E-state index contributed by atoms with van der Waals surface area (Å²) in [6.07, 6.45) is 2.72. The van der Waals surface area contributed by atoms with E-state index in [0.717, 1.165) is 11.3 Å². The minimum Gasteiger partial charge on any atom is -0.490 e. The summed E-state index contributed by atoms with van der Waals surface area (Å²) in [5.41, 5.74) is 2.08. The maximum atomic E-state index is 12.1. The molecule has 1 aromatic rings. The molecule has 1 heterocycles. The highest BCUT2D eigenvalue weighted by Crippen LogP contribution is 2.34. The van der Waals surface area contributed by atoms with Crippen LogP contribution in [0.5, 0.6) is 5.75 Å². The normalized spacial score (nSPS) is 20.6. The summed E-state index contributed by atoms with van der Waals surface area (Å²) in [5, 5.41) is 2.47. The van der Waals surface area contributed by atoms with Crippen LogP contribution < -0.4 is 10.1 Å². The van der Waals surface area contributed by atoms with E-state index in [1.165, 1.54) is 5.57 Å². The van der Waals surface area contributed by atoms with E-state index in [1.807, 2.05) is 44.2 Å². The van der Waals surface area contributed by atoms with Crippen molar-refractivity contribution >= 4 is 11.8 Å². The van der Waals surface area contributed by atoms with Crippen molar-refractivity contribution in [1.82, 2.24) is 5.32 Å². The second kappa shape index (κ2) is 7.44. The maximum absolute atomic E-state index is 12.1. The molecule has 1 N–H and O–H groups in total. The predicted molar refractivity (Wildman–Crippen MR) is 90.2 cm³/mol. The number of rotatable bonds is 6. The van der Waals surface area contributed by atoms with Gasteiger partial charge in [-0.25, -0.2) is 0 Å². The summed E-state index contributed by atoms with van der Waals surface area (Å²) in [6.45, 7) is 8.70. The fraction of sp³-hybridized carbons (Fsp3) is 0.474. The Morgan fingerprint density at radius 3 is 2.39 bits per heavy atom. The van der Waals surface area contributed by atoms with E-state index >= 15 is 0 Å². The highest BCUT2D eigenvalue weighted by molar-refractivity contribution is 6.07. The standard InChI is InChI=1S/C19H25NO3/c1-12(2)9-10-23-15-7-5-14(6-8-15)17-16(11-13(3)4)18(21)20-19(17)22/h5-9,13,16-17H,10-11H2,1-4H3,(H,20,21,22)/t16-,17-/m1/s1. The van der Waals surface area contributed by atoms with Crippen molar-refractivity contribution in [3.8, 4) is 5.75 Å². The highest BCUT2D eigenvalue weighted by atomic mass is 16.5. The molecule has 0 aromatic heterocycles. The van der Waals surface area contributed by atoms with Gasteiger partial charge in [0.15, 0.2) is 0 Å². The Bertz CT molecular complexity index is 598. The van der Waals surface area contributed by atoms with Crippen LogP contribution >= 0.6 is 0 Å². The lowest BCUT2D eigenvalue weighted by Crippen LogP contribution is -2.22. The van der Waals surface area contributed by atoms with Gasteiger partial charge in [0.25, 0.3) is 0 Å². The van der Waals surface area contributed by atoms with Gasteiger partial charge in [-0.1, -0.05) is 31.6 Å². The van der Waals surface area contributed by atoms with Crippen molar-refractivity contribution in [2.24, 2.45) is 11.8 Å². The number of hydrogen-bond acceptors (Lipinski definition) is 3. The second-order valence-electron chi connectivity index (χ2n) is 6.73. The molecule has 1 fully saturated rings. The van der Waals surface area contributed by atoms with Crippen LogP contribution in [-0.2, 0) is 9.59 Å². The molecule has 1 aromatic carbocycles. The summed E-state index contributed by atoms with van der Waals surface area (Å²) in [7, 11) is 0. The molecule has 0 spiro atoms. The molecule has 1 saturated heterocycles. The molecular formula is C19H25NO3. The quantitative estimate of drug-likeness (QED) is 0.646. The van der Waals surface area contributed by atoms with Crippen LogP contribution in [0, 0.1) is 11.8 Å². The fourth-order valence-electron chi connectivity index (χ4n) is 2.84. The average Bonchev–Trinajstić information content (AvgIpc) is 2.73. The highest BCUT2D eigenvalue weighted by Gasteiger charge is 2.42. The van der Waals surface area contributed by atoms with Gasteiger partial charge >= 0.3 is 0 Å². The van der Waals surface area contributed by atoms with Gasteiger partial charge in [-0.3, -0.25) is 14.9 Å². The minimum absolute atomic E-state index is 0.155. The van der Waals surface area contributed by atoms with Crippen molar-refractivity contribution in [3.05, 3.63) is 41.5 Å². The number of allylic oxidation sites excluding steroid dienone is 1. The molecule has 23 heavy (non-hydrogen) atoms. The fourth-order valence-corrected chi connectivity index (χ4v) is 2.84. The number of nitrogens with one attached hydrogen (secondary N) is 1. The summed E-state index contributed by atoms with van der Waals surface area (Å²) < 4.78 is 5.63. The Labute approximate surface area is 137 Å². The van der Waals surface area contributed by atoms with Crippen LogP contribution in [0.1, 0.15) is 45.6 Å². The zero-order valence-electron chi connectivity index (χ0n) is 14.3. The van der Waals surface area contributed by atoms with Crippen molar-refractivity contribution in [1.29, 1.82) is 0 Å². The van der Waals surface area contributed by atoms with Crippen LogP contribution in [0.4, 0.5) is 0 Å². The molecular weight excluding hydrogens is 290 g/mol. The molecule has 0 saturated carbocycles. The predicted octanol–water partition coefficient (Wildman–Crippen LogP) is 3.43. The Kier molecular flexibility index (Phi) is 5.59. The van der Waals surface area contributed by atoms with Crippen molar-refractivity contribution in [2.45, 2.75) is 40.0 Å². The molecule has 0 unspecified atom stereocenters. The first kappa shape index (κ1) is 17.3. The Balaban J connectivity index is 2.12. The molecule has 2 amide bonds. The third kappa shape index (κ3) is 4.44. The van der Waals surface area contributed by atoms with Crippen LogP contribution in [0.3, 0.4) is 0 Å². The van der Waals surface area contributed by atoms with E-state index in [1.54, 1.807) is 0 Å². The summed E-state index contributed by atoms with van der Waals surface area (Å²) in [5.74, 6) is 0.107. The first-order chi connectivity index (χ1) is 10.9. The molecule has 2 atom stereocenters. The van der Waals surface area contributed by atoms with E-state index in [0.29, 0.717) is 18.9 Å². The molecule has 0 aliphatic carbocycles. The van der Waals surface area contributed by atoms with Gasteiger partial charge in [0.2, 0.25) is 11.8 Å². The zero-order valence-corrected chi connectivity index (χ0v) is 14.3. The van der Waals surface area contributed by atoms with Crippen molar-refractivity contribution in [2.75, 3.05) is 6.61 Å². The maximum Gasteiger partial charge on any atom is 0.234 e. The molecule has 2 rings (SSSR count). The molecule has 1 aliphatic rings. The smallest absolute Gasteiger partial charge is 0.234 e. The Morgan fingerprint density at radius 2 is 1.83 bits per heavy atom. The number of imide groups is 1. The third-order valence-corrected chi connectivity index (χ3v) is 3.97. The number of ether oxygens (including phenoxy) is 1. The molecule has 4 nitrogen and oxygen atoms in total. The van der Waals surface area contributed by atoms with Crippen molar-refractivity contribution < 1.29 is 14.3 Å². The van der Waals surface area contributed by atoms with Gasteiger partial charge in [-0.2, -0.15) is 0 Å². The van der Waals surface area contributed by atoms with Gasteiger partial charge in [-0.15, -0.1) is 0 Å². The lowest BCUT2D eigenvalue weighted by Gasteiger charge is -2.17. The average molecular weight is 315 g/mol. The van der Waals surface area contributed by atoms with E-state index < -0.39 is 5.92 Å². The number of carbonyl (C=O) groups is 2. The number of carbonyl (C=O) groups excluding carboxylic acids is 2. The van der Waals surface area contributed by atoms with Crippen LogP contribution in [0.25, 0.3) is 0 Å². The van der Waals surface area contributed by atoms with E-state index in [2.05, 4.69) is 19.2 Å². The van der Waals surface area contributed by atoms with Crippen LogP contribution in [0.2, 0.25) is 0 Å². The monoisotopic (exact) mass is 315 g/mol. The first-order valence-corrected chi connectivity index (χ1v) is 8.09. The SMILES string of the molecule is CC(C)=CCOc1ccc([C@H]2C(=O)NC(=O)[C@@H]2CC(C)C)cc1. The molecule has 1 aliphatic heterocycles. The number of amides is 2. The largest absolute Gasteiger partial charge is 0.490 e. The summed E-state index contributed by atoms with van der Waals surface area (Å²) in [6, 6.07) is 7.48. The topological polar surface area (TPSA) is 55.4 Å². The van der Waals surface area contributed by atoms with Gasteiger partial charge in [-0.05, 0) is 50.0 Å².